The van der Waals surface area contributed by atoms with Crippen molar-refractivity contribution in [2.75, 3.05) is 0 Å². The van der Waals surface area contributed by atoms with Crippen molar-refractivity contribution in [1.29, 1.82) is 0 Å². The molecule has 2 N–H and O–H groups in total. The zero-order valence-electron chi connectivity index (χ0n) is 10.7. The second-order valence-corrected chi connectivity index (χ2v) is 5.00. The van der Waals surface area contributed by atoms with Gasteiger partial charge in [0.2, 0.25) is 0 Å². The second kappa shape index (κ2) is 5.36. The van der Waals surface area contributed by atoms with Crippen LogP contribution in [0.3, 0.4) is 0 Å². The zero-order chi connectivity index (χ0) is 13.1. The largest absolute Gasteiger partial charge is 0.310 e. The average Bonchev–Trinajstić information content (AvgIpc) is 3.21. The molecule has 1 heterocycles. The van der Waals surface area contributed by atoms with E-state index in [1.807, 2.05) is 30.3 Å². The number of aromatic amines is 1. The minimum absolute atomic E-state index is 0.0754. The van der Waals surface area contributed by atoms with Crippen molar-refractivity contribution in [3.05, 3.63) is 63.8 Å². The molecule has 1 saturated carbocycles. The van der Waals surface area contributed by atoms with Crippen LogP contribution in [0.2, 0.25) is 0 Å². The first-order valence-electron chi connectivity index (χ1n) is 6.66. The van der Waals surface area contributed by atoms with Gasteiger partial charge in [-0.25, -0.2) is 4.98 Å². The first-order valence-corrected chi connectivity index (χ1v) is 6.66. The third kappa shape index (κ3) is 3.51. The molecule has 0 unspecified atom stereocenters. The van der Waals surface area contributed by atoms with E-state index in [0.29, 0.717) is 19.0 Å². The fourth-order valence-electron chi connectivity index (χ4n) is 2.06. The Kier molecular flexibility index (Phi) is 3.42. The minimum Gasteiger partial charge on any atom is -0.310 e. The zero-order valence-corrected chi connectivity index (χ0v) is 10.7. The summed E-state index contributed by atoms with van der Waals surface area (Å²) in [7, 11) is 0. The van der Waals surface area contributed by atoms with Crippen LogP contribution in [-0.4, -0.2) is 16.0 Å². The molecule has 0 atom stereocenters. The van der Waals surface area contributed by atoms with Crippen molar-refractivity contribution in [2.24, 2.45) is 0 Å². The van der Waals surface area contributed by atoms with Gasteiger partial charge < -0.3 is 10.3 Å². The van der Waals surface area contributed by atoms with Gasteiger partial charge in [-0.2, -0.15) is 0 Å². The number of rotatable bonds is 5. The first kappa shape index (κ1) is 12.1. The summed E-state index contributed by atoms with van der Waals surface area (Å²) < 4.78 is 0. The van der Waals surface area contributed by atoms with Gasteiger partial charge in [0.15, 0.2) is 0 Å². The smallest absolute Gasteiger partial charge is 0.251 e. The van der Waals surface area contributed by atoms with Crippen LogP contribution in [0.4, 0.5) is 0 Å². The summed E-state index contributed by atoms with van der Waals surface area (Å²) in [6, 6.07) is 12.2. The monoisotopic (exact) mass is 255 g/mol. The molecular weight excluding hydrogens is 238 g/mol. The first-order chi connectivity index (χ1) is 9.29. The Labute approximate surface area is 111 Å². The molecule has 1 aromatic heterocycles. The minimum atomic E-state index is -0.0754. The summed E-state index contributed by atoms with van der Waals surface area (Å²) in [5.74, 6) is 0.728. The lowest BCUT2D eigenvalue weighted by atomic mass is 10.1. The average molecular weight is 255 g/mol. The second-order valence-electron chi connectivity index (χ2n) is 5.00. The Morgan fingerprint density at radius 1 is 1.26 bits per heavy atom. The molecule has 1 aromatic carbocycles. The van der Waals surface area contributed by atoms with Crippen LogP contribution in [0.15, 0.2) is 41.2 Å². The molecule has 1 fully saturated rings. The molecule has 0 spiro atoms. The highest BCUT2D eigenvalue weighted by atomic mass is 16.1. The van der Waals surface area contributed by atoms with Crippen molar-refractivity contribution < 1.29 is 0 Å². The quantitative estimate of drug-likeness (QED) is 0.853. The van der Waals surface area contributed by atoms with E-state index in [0.717, 1.165) is 17.1 Å². The highest BCUT2D eigenvalue weighted by molar-refractivity contribution is 5.19. The van der Waals surface area contributed by atoms with Crippen LogP contribution in [0.25, 0.3) is 0 Å². The van der Waals surface area contributed by atoms with E-state index in [1.165, 1.54) is 12.8 Å². The summed E-state index contributed by atoms with van der Waals surface area (Å²) in [5.41, 5.74) is 1.90. The molecule has 0 bridgehead atoms. The third-order valence-corrected chi connectivity index (χ3v) is 3.21. The molecular formula is C15H17N3O. The fraction of sp³-hybridized carbons (Fsp3) is 0.333. The maximum atomic E-state index is 11.6. The lowest BCUT2D eigenvalue weighted by molar-refractivity contribution is 0.667. The van der Waals surface area contributed by atoms with Gasteiger partial charge in [0.05, 0.1) is 5.69 Å². The molecule has 1 aliphatic rings. The summed E-state index contributed by atoms with van der Waals surface area (Å²) in [4.78, 5) is 19.0. The summed E-state index contributed by atoms with van der Waals surface area (Å²) >= 11 is 0. The van der Waals surface area contributed by atoms with Gasteiger partial charge >= 0.3 is 0 Å². The van der Waals surface area contributed by atoms with Crippen LogP contribution in [0.5, 0.6) is 0 Å². The summed E-state index contributed by atoms with van der Waals surface area (Å²) in [6.45, 7) is 0.677. The third-order valence-electron chi connectivity index (χ3n) is 3.21. The van der Waals surface area contributed by atoms with Crippen molar-refractivity contribution in [3.63, 3.8) is 0 Å². The van der Waals surface area contributed by atoms with E-state index in [4.69, 9.17) is 0 Å². The van der Waals surface area contributed by atoms with E-state index in [2.05, 4.69) is 15.3 Å². The van der Waals surface area contributed by atoms with Crippen molar-refractivity contribution in [3.8, 4) is 0 Å². The molecule has 0 aliphatic heterocycles. The van der Waals surface area contributed by atoms with Crippen molar-refractivity contribution >= 4 is 0 Å². The van der Waals surface area contributed by atoms with E-state index >= 15 is 0 Å². The van der Waals surface area contributed by atoms with E-state index in [1.54, 1.807) is 6.07 Å². The number of benzene rings is 1. The maximum absolute atomic E-state index is 11.6. The Morgan fingerprint density at radius 2 is 2.05 bits per heavy atom. The Bertz CT molecular complexity index is 602. The van der Waals surface area contributed by atoms with Gasteiger partial charge in [-0.3, -0.25) is 4.79 Å². The summed E-state index contributed by atoms with van der Waals surface area (Å²) in [5, 5.41) is 3.38. The molecule has 0 saturated heterocycles. The van der Waals surface area contributed by atoms with Gasteiger partial charge in [-0.15, -0.1) is 0 Å². The molecule has 1 aliphatic carbocycles. The number of hydrogen-bond acceptors (Lipinski definition) is 3. The van der Waals surface area contributed by atoms with Crippen LogP contribution in [-0.2, 0) is 13.0 Å². The number of hydrogen-bond donors (Lipinski definition) is 2. The van der Waals surface area contributed by atoms with Gasteiger partial charge in [0.25, 0.3) is 5.56 Å². The van der Waals surface area contributed by atoms with E-state index < -0.39 is 0 Å². The molecule has 0 radical (unpaired) electrons. The highest BCUT2D eigenvalue weighted by Gasteiger charge is 2.20. The molecule has 4 nitrogen and oxygen atoms in total. The Hall–Kier alpha value is -1.94. The summed E-state index contributed by atoms with van der Waals surface area (Å²) in [6.07, 6.45) is 3.13. The Balaban J connectivity index is 1.74. The topological polar surface area (TPSA) is 57.8 Å². The van der Waals surface area contributed by atoms with Crippen LogP contribution in [0, 0.1) is 0 Å². The lowest BCUT2D eigenvalue weighted by Gasteiger charge is -2.05. The fourth-order valence-corrected chi connectivity index (χ4v) is 2.06. The number of aromatic nitrogens is 2. The number of nitrogens with zero attached hydrogens (tertiary/aromatic N) is 1. The number of nitrogens with one attached hydrogen (secondary N) is 2. The van der Waals surface area contributed by atoms with Crippen LogP contribution < -0.4 is 10.9 Å². The Morgan fingerprint density at radius 3 is 2.79 bits per heavy atom. The maximum Gasteiger partial charge on any atom is 0.251 e. The predicted molar refractivity (Wildman–Crippen MR) is 74.0 cm³/mol. The number of H-pyrrole nitrogens is 1. The predicted octanol–water partition coefficient (Wildman–Crippen LogP) is 1.61. The van der Waals surface area contributed by atoms with Gasteiger partial charge in [-0.1, -0.05) is 30.3 Å². The normalized spacial score (nSPS) is 14.5. The van der Waals surface area contributed by atoms with E-state index in [-0.39, 0.29) is 5.56 Å². The van der Waals surface area contributed by atoms with Crippen LogP contribution >= 0.6 is 0 Å². The SMILES string of the molecule is O=c1cc(CNC2CC2)nc(Cc2ccccc2)[nH]1. The van der Waals surface area contributed by atoms with Crippen molar-refractivity contribution in [1.82, 2.24) is 15.3 Å². The van der Waals surface area contributed by atoms with Gasteiger partial charge in [-0.05, 0) is 18.4 Å². The van der Waals surface area contributed by atoms with Gasteiger partial charge in [0, 0.05) is 25.1 Å². The molecule has 4 heteroatoms. The standard InChI is InChI=1S/C15H17N3O/c19-15-9-13(10-16-12-6-7-12)17-14(18-15)8-11-4-2-1-3-5-11/h1-5,9,12,16H,6-8,10H2,(H,17,18,19). The van der Waals surface area contributed by atoms with Crippen molar-refractivity contribution in [2.45, 2.75) is 31.8 Å². The molecule has 0 amide bonds. The molecule has 19 heavy (non-hydrogen) atoms. The lowest BCUT2D eigenvalue weighted by Crippen LogP contribution is -2.20. The highest BCUT2D eigenvalue weighted by Crippen LogP contribution is 2.18. The molecule has 2 aromatic rings. The van der Waals surface area contributed by atoms with Gasteiger partial charge in [0.1, 0.15) is 5.82 Å². The van der Waals surface area contributed by atoms with Crippen LogP contribution in [0.1, 0.15) is 29.9 Å². The molecule has 98 valence electrons. The molecule has 3 rings (SSSR count). The van der Waals surface area contributed by atoms with E-state index in [9.17, 15) is 4.79 Å².